The molecule has 0 saturated heterocycles. The molecule has 8 nitrogen and oxygen atoms in total. The van der Waals surface area contributed by atoms with Crippen molar-refractivity contribution in [1.82, 2.24) is 4.98 Å². The second-order valence-corrected chi connectivity index (χ2v) is 7.29. The Morgan fingerprint density at radius 2 is 1.61 bits per heavy atom. The molecule has 1 aromatic heterocycles. The molecule has 0 spiro atoms. The SMILES string of the molecule is COc1cc(OC)c(C(=O)OCC(=O)Nc2nc(-c3ccc(C)cc3)cs2)cc1OC. The number of aryl methyl sites for hydroxylation is 1. The molecule has 2 aromatic carbocycles. The van der Waals surface area contributed by atoms with Crippen LogP contribution in [0.2, 0.25) is 0 Å². The summed E-state index contributed by atoms with van der Waals surface area (Å²) >= 11 is 1.29. The van der Waals surface area contributed by atoms with E-state index in [0.717, 1.165) is 16.8 Å². The molecule has 162 valence electrons. The predicted molar refractivity (Wildman–Crippen MR) is 117 cm³/mol. The molecule has 0 aliphatic rings. The third kappa shape index (κ3) is 5.32. The number of ether oxygens (including phenoxy) is 4. The fourth-order valence-electron chi connectivity index (χ4n) is 2.74. The molecule has 0 aliphatic heterocycles. The first-order valence-corrected chi connectivity index (χ1v) is 10.1. The molecule has 0 fully saturated rings. The van der Waals surface area contributed by atoms with Crippen LogP contribution in [0, 0.1) is 6.92 Å². The van der Waals surface area contributed by atoms with E-state index >= 15 is 0 Å². The molecule has 31 heavy (non-hydrogen) atoms. The standard InChI is InChI=1S/C22H22N2O6S/c1-13-5-7-14(8-6-13)16-12-31-22(23-16)24-20(25)11-30-21(26)15-9-18(28-3)19(29-4)10-17(15)27-2/h5-10,12H,11H2,1-4H3,(H,23,24,25). The van der Waals surface area contributed by atoms with E-state index in [2.05, 4.69) is 10.3 Å². The number of rotatable bonds is 8. The van der Waals surface area contributed by atoms with Crippen LogP contribution < -0.4 is 19.5 Å². The van der Waals surface area contributed by atoms with Crippen molar-refractivity contribution in [1.29, 1.82) is 0 Å². The number of aromatic nitrogens is 1. The van der Waals surface area contributed by atoms with Crippen molar-refractivity contribution < 1.29 is 28.5 Å². The van der Waals surface area contributed by atoms with Crippen molar-refractivity contribution in [3.63, 3.8) is 0 Å². The van der Waals surface area contributed by atoms with Crippen molar-refractivity contribution >= 4 is 28.3 Å². The molecular formula is C22H22N2O6S. The zero-order valence-corrected chi connectivity index (χ0v) is 18.4. The van der Waals surface area contributed by atoms with Crippen LogP contribution >= 0.6 is 11.3 Å². The normalized spacial score (nSPS) is 10.3. The number of esters is 1. The van der Waals surface area contributed by atoms with E-state index in [9.17, 15) is 9.59 Å². The molecular weight excluding hydrogens is 420 g/mol. The van der Waals surface area contributed by atoms with Gasteiger partial charge in [-0.05, 0) is 6.92 Å². The van der Waals surface area contributed by atoms with Crippen LogP contribution in [-0.4, -0.2) is 44.8 Å². The summed E-state index contributed by atoms with van der Waals surface area (Å²) < 4.78 is 20.7. The first-order valence-electron chi connectivity index (χ1n) is 9.24. The lowest BCUT2D eigenvalue weighted by molar-refractivity contribution is -0.119. The van der Waals surface area contributed by atoms with Crippen molar-refractivity contribution in [2.24, 2.45) is 0 Å². The van der Waals surface area contributed by atoms with E-state index in [-0.39, 0.29) is 11.3 Å². The van der Waals surface area contributed by atoms with Crippen LogP contribution in [0.25, 0.3) is 11.3 Å². The van der Waals surface area contributed by atoms with E-state index in [0.29, 0.717) is 16.6 Å². The highest BCUT2D eigenvalue weighted by molar-refractivity contribution is 7.14. The highest BCUT2D eigenvalue weighted by atomic mass is 32.1. The van der Waals surface area contributed by atoms with E-state index in [1.807, 2.05) is 36.6 Å². The highest BCUT2D eigenvalue weighted by Gasteiger charge is 2.20. The number of methoxy groups -OCH3 is 3. The van der Waals surface area contributed by atoms with E-state index < -0.39 is 18.5 Å². The molecule has 9 heteroatoms. The molecule has 1 heterocycles. The lowest BCUT2D eigenvalue weighted by atomic mass is 10.1. The summed E-state index contributed by atoms with van der Waals surface area (Å²) in [5, 5.41) is 4.90. The predicted octanol–water partition coefficient (Wildman–Crippen LogP) is 3.94. The number of thiazole rings is 1. The summed E-state index contributed by atoms with van der Waals surface area (Å²) in [6, 6.07) is 10.9. The summed E-state index contributed by atoms with van der Waals surface area (Å²) in [7, 11) is 4.34. The van der Waals surface area contributed by atoms with Gasteiger partial charge >= 0.3 is 5.97 Å². The summed E-state index contributed by atoms with van der Waals surface area (Å²) in [5.41, 5.74) is 2.98. The number of carbonyl (C=O) groups is 2. The molecule has 0 radical (unpaired) electrons. The Labute approximate surface area is 183 Å². The second-order valence-electron chi connectivity index (χ2n) is 6.44. The Morgan fingerprint density at radius 3 is 2.26 bits per heavy atom. The van der Waals surface area contributed by atoms with Crippen molar-refractivity contribution in [2.45, 2.75) is 6.92 Å². The minimum atomic E-state index is -0.729. The average Bonchev–Trinajstić information content (AvgIpc) is 3.25. The third-order valence-corrected chi connectivity index (χ3v) is 5.12. The number of carbonyl (C=O) groups excluding carboxylic acids is 2. The minimum Gasteiger partial charge on any atom is -0.496 e. The van der Waals surface area contributed by atoms with Crippen LogP contribution in [0.5, 0.6) is 17.2 Å². The van der Waals surface area contributed by atoms with Gasteiger partial charge in [0.25, 0.3) is 5.91 Å². The fraction of sp³-hybridized carbons (Fsp3) is 0.227. The van der Waals surface area contributed by atoms with Crippen LogP contribution in [-0.2, 0) is 9.53 Å². The Balaban J connectivity index is 1.62. The zero-order valence-electron chi connectivity index (χ0n) is 17.6. The lowest BCUT2D eigenvalue weighted by Crippen LogP contribution is -2.21. The fourth-order valence-corrected chi connectivity index (χ4v) is 3.48. The summed E-state index contributed by atoms with van der Waals surface area (Å²) in [6.45, 7) is 1.53. The van der Waals surface area contributed by atoms with Crippen molar-refractivity contribution in [3.8, 4) is 28.5 Å². The number of nitrogens with one attached hydrogen (secondary N) is 1. The number of hydrogen-bond donors (Lipinski definition) is 1. The van der Waals surface area contributed by atoms with Gasteiger partial charge in [-0.15, -0.1) is 11.3 Å². The number of nitrogens with zero attached hydrogens (tertiary/aromatic N) is 1. The smallest absolute Gasteiger partial charge is 0.342 e. The van der Waals surface area contributed by atoms with E-state index in [4.69, 9.17) is 18.9 Å². The van der Waals surface area contributed by atoms with Gasteiger partial charge in [0, 0.05) is 23.1 Å². The first kappa shape index (κ1) is 22.1. The second kappa shape index (κ2) is 9.94. The number of anilines is 1. The van der Waals surface area contributed by atoms with Gasteiger partial charge < -0.3 is 18.9 Å². The van der Waals surface area contributed by atoms with Gasteiger partial charge in [-0.2, -0.15) is 0 Å². The maximum absolute atomic E-state index is 12.5. The summed E-state index contributed by atoms with van der Waals surface area (Å²) in [4.78, 5) is 29.1. The molecule has 0 saturated carbocycles. The van der Waals surface area contributed by atoms with Gasteiger partial charge in [-0.25, -0.2) is 9.78 Å². The van der Waals surface area contributed by atoms with Gasteiger partial charge in [-0.1, -0.05) is 29.8 Å². The maximum atomic E-state index is 12.5. The number of benzene rings is 2. The minimum absolute atomic E-state index is 0.115. The van der Waals surface area contributed by atoms with Gasteiger partial charge in [-0.3, -0.25) is 10.1 Å². The largest absolute Gasteiger partial charge is 0.496 e. The van der Waals surface area contributed by atoms with Crippen LogP contribution in [0.3, 0.4) is 0 Å². The van der Waals surface area contributed by atoms with Crippen LogP contribution in [0.1, 0.15) is 15.9 Å². The molecule has 0 aliphatic carbocycles. The number of amides is 1. The monoisotopic (exact) mass is 442 g/mol. The van der Waals surface area contributed by atoms with Gasteiger partial charge in [0.1, 0.15) is 11.3 Å². The molecule has 0 atom stereocenters. The topological polar surface area (TPSA) is 96.0 Å². The highest BCUT2D eigenvalue weighted by Crippen LogP contribution is 2.35. The maximum Gasteiger partial charge on any atom is 0.342 e. The molecule has 0 bridgehead atoms. The molecule has 0 unspecified atom stereocenters. The average molecular weight is 442 g/mol. The van der Waals surface area contributed by atoms with Crippen LogP contribution in [0.15, 0.2) is 41.8 Å². The van der Waals surface area contributed by atoms with Crippen molar-refractivity contribution in [2.75, 3.05) is 33.3 Å². The summed E-state index contributed by atoms with van der Waals surface area (Å²) in [6.07, 6.45) is 0. The third-order valence-electron chi connectivity index (χ3n) is 4.36. The Hall–Kier alpha value is -3.59. The quantitative estimate of drug-likeness (QED) is 0.528. The first-order chi connectivity index (χ1) is 14.9. The Morgan fingerprint density at radius 1 is 0.968 bits per heavy atom. The molecule has 3 rings (SSSR count). The summed E-state index contributed by atoms with van der Waals surface area (Å²) in [5.74, 6) is -0.247. The molecule has 3 aromatic rings. The van der Waals surface area contributed by atoms with Gasteiger partial charge in [0.15, 0.2) is 23.2 Å². The number of hydrogen-bond acceptors (Lipinski definition) is 8. The molecule has 1 N–H and O–H groups in total. The Kier molecular flexibility index (Phi) is 7.09. The Bertz CT molecular complexity index is 1080. The van der Waals surface area contributed by atoms with Gasteiger partial charge in [0.05, 0.1) is 27.0 Å². The van der Waals surface area contributed by atoms with E-state index in [1.54, 1.807) is 0 Å². The van der Waals surface area contributed by atoms with Crippen molar-refractivity contribution in [3.05, 3.63) is 52.9 Å². The van der Waals surface area contributed by atoms with E-state index in [1.165, 1.54) is 44.8 Å². The molecule has 1 amide bonds. The lowest BCUT2D eigenvalue weighted by Gasteiger charge is -2.13. The van der Waals surface area contributed by atoms with Crippen LogP contribution in [0.4, 0.5) is 5.13 Å². The van der Waals surface area contributed by atoms with Gasteiger partial charge in [0.2, 0.25) is 0 Å². The zero-order chi connectivity index (χ0) is 22.4.